The van der Waals surface area contributed by atoms with Crippen molar-refractivity contribution in [2.45, 2.75) is 6.54 Å². The lowest BCUT2D eigenvalue weighted by Gasteiger charge is -2.08. The third-order valence-electron chi connectivity index (χ3n) is 2.59. The molecule has 2 N–H and O–H groups in total. The molecule has 0 amide bonds. The van der Waals surface area contributed by atoms with Crippen LogP contribution in [0.25, 0.3) is 0 Å². The van der Waals surface area contributed by atoms with Crippen LogP contribution in [0.15, 0.2) is 42.5 Å². The minimum Gasteiger partial charge on any atom is -0.478 e. The fourth-order valence-corrected chi connectivity index (χ4v) is 1.64. The summed E-state index contributed by atoms with van der Waals surface area (Å²) in [5.41, 5.74) is 0.701. The van der Waals surface area contributed by atoms with E-state index in [9.17, 15) is 13.6 Å². The van der Waals surface area contributed by atoms with Crippen LogP contribution in [0, 0.1) is 11.6 Å². The van der Waals surface area contributed by atoms with Crippen LogP contribution in [-0.2, 0) is 6.54 Å². The first-order valence-corrected chi connectivity index (χ1v) is 5.57. The molecule has 0 spiro atoms. The standard InChI is InChI=1S/C14H11F2NO2/c15-11-3-1-2-9(6-11)8-17-13-7-10(14(18)19)4-5-12(13)16/h1-7,17H,8H2,(H,18,19). The molecule has 0 aliphatic heterocycles. The summed E-state index contributed by atoms with van der Waals surface area (Å²) in [5, 5.41) is 11.6. The molecule has 2 aromatic carbocycles. The number of carbonyl (C=O) groups is 1. The van der Waals surface area contributed by atoms with Crippen LogP contribution in [0.3, 0.4) is 0 Å². The summed E-state index contributed by atoms with van der Waals surface area (Å²) in [4.78, 5) is 10.8. The van der Waals surface area contributed by atoms with Crippen LogP contribution in [0.5, 0.6) is 0 Å². The summed E-state index contributed by atoms with van der Waals surface area (Å²) in [6, 6.07) is 9.35. The zero-order valence-electron chi connectivity index (χ0n) is 9.86. The van der Waals surface area contributed by atoms with Gasteiger partial charge in [-0.3, -0.25) is 0 Å². The molecular formula is C14H11F2NO2. The largest absolute Gasteiger partial charge is 0.478 e. The second kappa shape index (κ2) is 5.48. The number of rotatable bonds is 4. The Morgan fingerprint density at radius 2 is 1.95 bits per heavy atom. The van der Waals surface area contributed by atoms with Gasteiger partial charge < -0.3 is 10.4 Å². The Morgan fingerprint density at radius 3 is 2.63 bits per heavy atom. The summed E-state index contributed by atoms with van der Waals surface area (Å²) >= 11 is 0. The van der Waals surface area contributed by atoms with E-state index in [1.165, 1.54) is 24.3 Å². The Labute approximate surface area is 108 Å². The highest BCUT2D eigenvalue weighted by Gasteiger charge is 2.08. The molecule has 0 bridgehead atoms. The molecular weight excluding hydrogens is 252 g/mol. The molecule has 0 aliphatic carbocycles. The SMILES string of the molecule is O=C(O)c1ccc(F)c(NCc2cccc(F)c2)c1. The van der Waals surface area contributed by atoms with Crippen molar-refractivity contribution < 1.29 is 18.7 Å². The molecule has 0 unspecified atom stereocenters. The van der Waals surface area contributed by atoms with Crippen molar-refractivity contribution in [1.29, 1.82) is 0 Å². The Balaban J connectivity index is 2.15. The Morgan fingerprint density at radius 1 is 1.16 bits per heavy atom. The lowest BCUT2D eigenvalue weighted by molar-refractivity contribution is 0.0697. The Kier molecular flexibility index (Phi) is 3.75. The molecule has 2 rings (SSSR count). The van der Waals surface area contributed by atoms with E-state index in [4.69, 9.17) is 5.11 Å². The molecule has 5 heteroatoms. The number of carboxylic acids is 1. The van der Waals surface area contributed by atoms with Gasteiger partial charge in [0.15, 0.2) is 0 Å². The average Bonchev–Trinajstić information content (AvgIpc) is 2.37. The van der Waals surface area contributed by atoms with Gasteiger partial charge in [0.25, 0.3) is 0 Å². The maximum Gasteiger partial charge on any atom is 0.335 e. The Bertz CT molecular complexity index is 614. The van der Waals surface area contributed by atoms with Gasteiger partial charge in [0.05, 0.1) is 11.3 Å². The number of nitrogens with one attached hydrogen (secondary N) is 1. The van der Waals surface area contributed by atoms with E-state index < -0.39 is 11.8 Å². The number of hydrogen-bond acceptors (Lipinski definition) is 2. The zero-order chi connectivity index (χ0) is 13.8. The highest BCUT2D eigenvalue weighted by atomic mass is 19.1. The van der Waals surface area contributed by atoms with Gasteiger partial charge in [0.2, 0.25) is 0 Å². The van der Waals surface area contributed by atoms with Gasteiger partial charge in [-0.25, -0.2) is 13.6 Å². The van der Waals surface area contributed by atoms with Crippen molar-refractivity contribution in [2.75, 3.05) is 5.32 Å². The average molecular weight is 263 g/mol. The number of benzene rings is 2. The van der Waals surface area contributed by atoms with Crippen molar-refractivity contribution in [3.05, 3.63) is 65.2 Å². The number of aromatic carboxylic acids is 1. The predicted molar refractivity (Wildman–Crippen MR) is 67.1 cm³/mol. The van der Waals surface area contributed by atoms with Gasteiger partial charge in [-0.05, 0) is 35.9 Å². The summed E-state index contributed by atoms with van der Waals surface area (Å²) in [5.74, 6) is -2.06. The Hall–Kier alpha value is -2.43. The van der Waals surface area contributed by atoms with Gasteiger partial charge in [-0.15, -0.1) is 0 Å². The first-order chi connectivity index (χ1) is 9.06. The fourth-order valence-electron chi connectivity index (χ4n) is 1.64. The van der Waals surface area contributed by atoms with Crippen LogP contribution in [0.1, 0.15) is 15.9 Å². The minimum absolute atomic E-state index is 0.0110. The molecule has 0 saturated heterocycles. The maximum atomic E-state index is 13.5. The molecule has 98 valence electrons. The highest BCUT2D eigenvalue weighted by Crippen LogP contribution is 2.17. The minimum atomic E-state index is -1.13. The normalized spacial score (nSPS) is 10.2. The molecule has 0 heterocycles. The summed E-state index contributed by atoms with van der Waals surface area (Å²) in [6.45, 7) is 0.206. The summed E-state index contributed by atoms with van der Waals surface area (Å²) in [6.07, 6.45) is 0. The van der Waals surface area contributed by atoms with Crippen molar-refractivity contribution in [2.24, 2.45) is 0 Å². The number of anilines is 1. The quantitative estimate of drug-likeness (QED) is 0.890. The molecule has 19 heavy (non-hydrogen) atoms. The van der Waals surface area contributed by atoms with Crippen molar-refractivity contribution in [1.82, 2.24) is 0 Å². The third-order valence-corrected chi connectivity index (χ3v) is 2.59. The fraction of sp³-hybridized carbons (Fsp3) is 0.0714. The van der Waals surface area contributed by atoms with Gasteiger partial charge in [0.1, 0.15) is 11.6 Å². The molecule has 0 aromatic heterocycles. The summed E-state index contributed by atoms with van der Waals surface area (Å²) in [7, 11) is 0. The second-order valence-electron chi connectivity index (χ2n) is 3.98. The van der Waals surface area contributed by atoms with Gasteiger partial charge in [0, 0.05) is 6.54 Å². The monoisotopic (exact) mass is 263 g/mol. The van der Waals surface area contributed by atoms with Gasteiger partial charge in [-0.1, -0.05) is 12.1 Å². The van der Waals surface area contributed by atoms with Crippen LogP contribution < -0.4 is 5.32 Å². The van der Waals surface area contributed by atoms with Crippen molar-refractivity contribution in [3.63, 3.8) is 0 Å². The smallest absolute Gasteiger partial charge is 0.335 e. The van der Waals surface area contributed by atoms with E-state index in [1.807, 2.05) is 0 Å². The van der Waals surface area contributed by atoms with Crippen LogP contribution in [0.4, 0.5) is 14.5 Å². The molecule has 0 saturated carbocycles. The molecule has 0 atom stereocenters. The lowest BCUT2D eigenvalue weighted by Crippen LogP contribution is -2.04. The van der Waals surface area contributed by atoms with E-state index in [2.05, 4.69) is 5.32 Å². The maximum absolute atomic E-state index is 13.5. The van der Waals surface area contributed by atoms with Gasteiger partial charge >= 0.3 is 5.97 Å². The third kappa shape index (κ3) is 3.28. The van der Waals surface area contributed by atoms with E-state index in [-0.39, 0.29) is 23.6 Å². The van der Waals surface area contributed by atoms with Gasteiger partial charge in [-0.2, -0.15) is 0 Å². The molecule has 0 radical (unpaired) electrons. The molecule has 0 fully saturated rings. The number of halogens is 2. The topological polar surface area (TPSA) is 49.3 Å². The summed E-state index contributed by atoms with van der Waals surface area (Å²) < 4.78 is 26.4. The molecule has 2 aromatic rings. The van der Waals surface area contributed by atoms with E-state index in [1.54, 1.807) is 12.1 Å². The molecule has 0 aliphatic rings. The lowest BCUT2D eigenvalue weighted by atomic mass is 10.1. The van der Waals surface area contributed by atoms with Crippen molar-refractivity contribution >= 4 is 11.7 Å². The number of hydrogen-bond donors (Lipinski definition) is 2. The molecule has 3 nitrogen and oxygen atoms in total. The van der Waals surface area contributed by atoms with Crippen LogP contribution in [-0.4, -0.2) is 11.1 Å². The highest BCUT2D eigenvalue weighted by molar-refractivity contribution is 5.88. The van der Waals surface area contributed by atoms with Crippen LogP contribution in [0.2, 0.25) is 0 Å². The first-order valence-electron chi connectivity index (χ1n) is 5.57. The number of carboxylic acid groups (broad SMARTS) is 1. The zero-order valence-corrected chi connectivity index (χ0v) is 9.86. The predicted octanol–water partition coefficient (Wildman–Crippen LogP) is 3.28. The van der Waals surface area contributed by atoms with E-state index in [0.717, 1.165) is 6.07 Å². The first kappa shape index (κ1) is 13.0. The van der Waals surface area contributed by atoms with Crippen molar-refractivity contribution in [3.8, 4) is 0 Å². The van der Waals surface area contributed by atoms with E-state index in [0.29, 0.717) is 5.56 Å². The van der Waals surface area contributed by atoms with E-state index >= 15 is 0 Å². The second-order valence-corrected chi connectivity index (χ2v) is 3.98. The van der Waals surface area contributed by atoms with Crippen LogP contribution >= 0.6 is 0 Å².